The van der Waals surface area contributed by atoms with Crippen LogP contribution in [0.1, 0.15) is 30.4 Å². The summed E-state index contributed by atoms with van der Waals surface area (Å²) >= 11 is 0. The van der Waals surface area contributed by atoms with Gasteiger partial charge in [0.2, 0.25) is 5.91 Å². The molecule has 2 aromatic rings. The second kappa shape index (κ2) is 8.98. The summed E-state index contributed by atoms with van der Waals surface area (Å²) in [6.45, 7) is 0.851. The summed E-state index contributed by atoms with van der Waals surface area (Å²) in [6, 6.07) is 18.9. The Labute approximate surface area is 159 Å². The Morgan fingerprint density at radius 3 is 2.63 bits per heavy atom. The van der Waals surface area contributed by atoms with Crippen LogP contribution in [0.4, 0.5) is 0 Å². The summed E-state index contributed by atoms with van der Waals surface area (Å²) in [5.74, 6) is -0.0915. The molecule has 2 unspecified atom stereocenters. The summed E-state index contributed by atoms with van der Waals surface area (Å²) in [4.78, 5) is 12.3. The van der Waals surface area contributed by atoms with Gasteiger partial charge in [-0.05, 0) is 48.2 Å². The molecule has 0 aromatic heterocycles. The monoisotopic (exact) mass is 358 g/mol. The number of amides is 1. The highest BCUT2D eigenvalue weighted by molar-refractivity contribution is 5.82. The van der Waals surface area contributed by atoms with Crippen molar-refractivity contribution in [2.75, 3.05) is 6.54 Å². The first-order valence-corrected chi connectivity index (χ1v) is 9.22. The summed E-state index contributed by atoms with van der Waals surface area (Å²) < 4.78 is 0. The van der Waals surface area contributed by atoms with E-state index in [0.717, 1.165) is 42.5 Å². The van der Waals surface area contributed by atoms with E-state index in [1.807, 2.05) is 42.5 Å². The molecule has 3 rings (SSSR count). The number of piperidine rings is 1. The smallest absolute Gasteiger partial charge is 0.238 e. The summed E-state index contributed by atoms with van der Waals surface area (Å²) in [5, 5.41) is 24.5. The highest BCUT2D eigenvalue weighted by Crippen LogP contribution is 2.21. The van der Waals surface area contributed by atoms with Crippen LogP contribution in [0.2, 0.25) is 0 Å². The van der Waals surface area contributed by atoms with Gasteiger partial charge in [-0.1, -0.05) is 42.8 Å². The molecule has 0 spiro atoms. The fourth-order valence-corrected chi connectivity index (χ4v) is 3.31. The number of nitrogens with one attached hydrogen (secondary N) is 2. The Bertz CT molecular complexity index is 870. The van der Waals surface area contributed by atoms with Gasteiger partial charge in [-0.3, -0.25) is 4.79 Å². The quantitative estimate of drug-likeness (QED) is 0.860. The zero-order valence-corrected chi connectivity index (χ0v) is 15.1. The molecule has 2 aromatic carbocycles. The van der Waals surface area contributed by atoms with Crippen LogP contribution in [-0.4, -0.2) is 24.5 Å². The lowest BCUT2D eigenvalue weighted by atomic mass is 9.99. The standard InChI is InChI=1S/C22H22N4O/c23-14-17-4-3-5-19(12-17)18-9-7-16(8-10-18)13-20(15-24)26-22(27)21-6-1-2-11-25-21/h3-5,7-10,12,20-21,25H,1-2,6,11,13H2,(H,26,27). The van der Waals surface area contributed by atoms with Crippen LogP contribution in [0.5, 0.6) is 0 Å². The molecule has 1 saturated heterocycles. The number of carbonyl (C=O) groups excluding carboxylic acids is 1. The largest absolute Gasteiger partial charge is 0.339 e. The van der Waals surface area contributed by atoms with Gasteiger partial charge in [0.25, 0.3) is 0 Å². The predicted octanol–water partition coefficient (Wildman–Crippen LogP) is 2.92. The number of hydrogen-bond donors (Lipinski definition) is 2. The van der Waals surface area contributed by atoms with E-state index in [1.54, 1.807) is 6.07 Å². The van der Waals surface area contributed by atoms with Gasteiger partial charge in [-0.25, -0.2) is 0 Å². The lowest BCUT2D eigenvalue weighted by Gasteiger charge is -2.23. The second-order valence-corrected chi connectivity index (χ2v) is 6.79. The summed E-state index contributed by atoms with van der Waals surface area (Å²) in [5.41, 5.74) is 3.60. The molecule has 0 radical (unpaired) electrons. The third-order valence-corrected chi connectivity index (χ3v) is 4.82. The van der Waals surface area contributed by atoms with E-state index in [1.165, 1.54) is 0 Å². The maximum absolute atomic E-state index is 12.3. The molecule has 5 nitrogen and oxygen atoms in total. The van der Waals surface area contributed by atoms with Crippen molar-refractivity contribution in [1.82, 2.24) is 10.6 Å². The summed E-state index contributed by atoms with van der Waals surface area (Å²) in [7, 11) is 0. The Morgan fingerprint density at radius 2 is 1.96 bits per heavy atom. The van der Waals surface area contributed by atoms with Gasteiger partial charge in [-0.2, -0.15) is 10.5 Å². The van der Waals surface area contributed by atoms with Crippen molar-refractivity contribution in [3.05, 3.63) is 59.7 Å². The minimum Gasteiger partial charge on any atom is -0.339 e. The first-order valence-electron chi connectivity index (χ1n) is 9.22. The molecule has 2 atom stereocenters. The number of benzene rings is 2. The Hall–Kier alpha value is -3.15. The average molecular weight is 358 g/mol. The zero-order chi connectivity index (χ0) is 19.1. The van der Waals surface area contributed by atoms with Gasteiger partial charge in [-0.15, -0.1) is 0 Å². The van der Waals surface area contributed by atoms with Crippen molar-refractivity contribution >= 4 is 5.91 Å². The van der Waals surface area contributed by atoms with Crippen LogP contribution in [-0.2, 0) is 11.2 Å². The van der Waals surface area contributed by atoms with E-state index < -0.39 is 6.04 Å². The second-order valence-electron chi connectivity index (χ2n) is 6.79. The highest BCUT2D eigenvalue weighted by Gasteiger charge is 2.22. The fraction of sp³-hybridized carbons (Fsp3) is 0.318. The van der Waals surface area contributed by atoms with Gasteiger partial charge in [0.15, 0.2) is 0 Å². The van der Waals surface area contributed by atoms with Crippen molar-refractivity contribution in [3.8, 4) is 23.3 Å². The average Bonchev–Trinajstić information content (AvgIpc) is 2.74. The number of rotatable bonds is 5. The Balaban J connectivity index is 1.63. The van der Waals surface area contributed by atoms with Crippen LogP contribution < -0.4 is 10.6 Å². The third kappa shape index (κ3) is 4.94. The maximum atomic E-state index is 12.3. The molecule has 136 valence electrons. The van der Waals surface area contributed by atoms with Gasteiger partial charge in [0.05, 0.1) is 23.7 Å². The number of carbonyl (C=O) groups is 1. The Morgan fingerprint density at radius 1 is 1.15 bits per heavy atom. The molecule has 1 heterocycles. The lowest BCUT2D eigenvalue weighted by molar-refractivity contribution is -0.124. The normalized spacial score (nSPS) is 17.3. The van der Waals surface area contributed by atoms with Crippen molar-refractivity contribution in [2.45, 2.75) is 37.8 Å². The van der Waals surface area contributed by atoms with Crippen molar-refractivity contribution in [1.29, 1.82) is 10.5 Å². The van der Waals surface area contributed by atoms with Gasteiger partial charge >= 0.3 is 0 Å². The van der Waals surface area contributed by atoms with Crippen LogP contribution in [0, 0.1) is 22.7 Å². The molecule has 0 saturated carbocycles. The molecule has 1 fully saturated rings. The third-order valence-electron chi connectivity index (χ3n) is 4.82. The highest BCUT2D eigenvalue weighted by atomic mass is 16.2. The Kier molecular flexibility index (Phi) is 6.20. The van der Waals surface area contributed by atoms with E-state index in [2.05, 4.69) is 22.8 Å². The van der Waals surface area contributed by atoms with Crippen molar-refractivity contribution < 1.29 is 4.79 Å². The van der Waals surface area contributed by atoms with Gasteiger partial charge in [0.1, 0.15) is 6.04 Å². The first-order chi connectivity index (χ1) is 13.2. The molecule has 2 N–H and O–H groups in total. The molecule has 1 amide bonds. The first kappa shape index (κ1) is 18.6. The number of hydrogen-bond acceptors (Lipinski definition) is 4. The van der Waals surface area contributed by atoms with E-state index >= 15 is 0 Å². The van der Waals surface area contributed by atoms with E-state index in [0.29, 0.717) is 12.0 Å². The molecule has 27 heavy (non-hydrogen) atoms. The molecular weight excluding hydrogens is 336 g/mol. The minimum atomic E-state index is -0.547. The molecule has 1 aliphatic rings. The molecule has 5 heteroatoms. The van der Waals surface area contributed by atoms with Crippen LogP contribution in [0.25, 0.3) is 11.1 Å². The maximum Gasteiger partial charge on any atom is 0.238 e. The molecular formula is C22H22N4O. The van der Waals surface area contributed by atoms with Gasteiger partial charge in [0, 0.05) is 6.42 Å². The van der Waals surface area contributed by atoms with Crippen LogP contribution in [0.3, 0.4) is 0 Å². The molecule has 0 bridgehead atoms. The van der Waals surface area contributed by atoms with E-state index in [9.17, 15) is 10.1 Å². The lowest BCUT2D eigenvalue weighted by Crippen LogP contribution is -2.49. The van der Waals surface area contributed by atoms with E-state index in [4.69, 9.17) is 5.26 Å². The zero-order valence-electron chi connectivity index (χ0n) is 15.1. The number of nitriles is 2. The van der Waals surface area contributed by atoms with Crippen LogP contribution >= 0.6 is 0 Å². The van der Waals surface area contributed by atoms with Crippen molar-refractivity contribution in [2.24, 2.45) is 0 Å². The minimum absolute atomic E-state index is 0.0915. The molecule has 1 aliphatic heterocycles. The topological polar surface area (TPSA) is 88.7 Å². The van der Waals surface area contributed by atoms with Crippen LogP contribution in [0.15, 0.2) is 48.5 Å². The number of nitrogens with zero attached hydrogens (tertiary/aromatic N) is 2. The van der Waals surface area contributed by atoms with Crippen molar-refractivity contribution in [3.63, 3.8) is 0 Å². The SMILES string of the molecule is N#Cc1cccc(-c2ccc(CC(C#N)NC(=O)C3CCCCN3)cc2)c1. The fourth-order valence-electron chi connectivity index (χ4n) is 3.31. The predicted molar refractivity (Wildman–Crippen MR) is 103 cm³/mol. The summed E-state index contributed by atoms with van der Waals surface area (Å²) in [6.07, 6.45) is 3.42. The van der Waals surface area contributed by atoms with Gasteiger partial charge < -0.3 is 10.6 Å². The van der Waals surface area contributed by atoms with E-state index in [-0.39, 0.29) is 11.9 Å². The molecule has 0 aliphatic carbocycles.